The minimum Gasteiger partial charge on any atom is -0.437 e. The molecule has 0 spiro atoms. The number of hydrogen-bond acceptors (Lipinski definition) is 5. The predicted octanol–water partition coefficient (Wildman–Crippen LogP) is 2.60. The van der Waals surface area contributed by atoms with Gasteiger partial charge in [0, 0.05) is 10.8 Å². The topological polar surface area (TPSA) is 65.2 Å². The number of tetrazole rings is 1. The molecule has 6 nitrogen and oxygen atoms in total. The summed E-state index contributed by atoms with van der Waals surface area (Å²) in [6.07, 6.45) is 0. The molecule has 0 aliphatic heterocycles. The highest BCUT2D eigenvalue weighted by Crippen LogP contribution is 2.29. The molecule has 0 saturated carbocycles. The first kappa shape index (κ1) is 11.7. The Morgan fingerprint density at radius 3 is 2.52 bits per heavy atom. The van der Waals surface area contributed by atoms with E-state index in [1.165, 1.54) is 28.9 Å². The van der Waals surface area contributed by atoms with Crippen LogP contribution >= 0.6 is 0 Å². The quantitative estimate of drug-likeness (QED) is 0.565. The van der Waals surface area contributed by atoms with Gasteiger partial charge in [0.15, 0.2) is 0 Å². The first-order valence-electron chi connectivity index (χ1n) is 6.22. The van der Waals surface area contributed by atoms with E-state index in [0.29, 0.717) is 17.3 Å². The summed E-state index contributed by atoms with van der Waals surface area (Å²) in [7, 11) is 0. The molecule has 2 aromatic heterocycles. The minimum atomic E-state index is -0.323. The van der Waals surface area contributed by atoms with Crippen molar-refractivity contribution in [2.45, 2.75) is 0 Å². The van der Waals surface area contributed by atoms with E-state index in [1.54, 1.807) is 0 Å². The van der Waals surface area contributed by atoms with Crippen molar-refractivity contribution in [1.82, 2.24) is 25.3 Å². The van der Waals surface area contributed by atoms with Gasteiger partial charge in [0.05, 0.1) is 0 Å². The van der Waals surface area contributed by atoms with Gasteiger partial charge in [-0.25, -0.2) is 4.39 Å². The summed E-state index contributed by atoms with van der Waals surface area (Å²) in [5.41, 5.74) is 0.553. The third kappa shape index (κ3) is 1.95. The van der Waals surface area contributed by atoms with Gasteiger partial charge in [0.25, 0.3) is 0 Å². The highest BCUT2D eigenvalue weighted by molar-refractivity contribution is 5.96. The second kappa shape index (κ2) is 4.48. The number of fused-ring (bicyclic) bond motifs is 3. The van der Waals surface area contributed by atoms with E-state index >= 15 is 0 Å². The van der Waals surface area contributed by atoms with Crippen LogP contribution in [0.2, 0.25) is 0 Å². The van der Waals surface area contributed by atoms with Gasteiger partial charge in [-0.15, -0.1) is 14.8 Å². The summed E-state index contributed by atoms with van der Waals surface area (Å²) in [6, 6.07) is 13.3. The molecule has 0 atom stereocenters. The zero-order chi connectivity index (χ0) is 14.2. The molecule has 0 aliphatic rings. The lowest BCUT2D eigenvalue weighted by Gasteiger charge is -2.07. The number of halogens is 1. The lowest BCUT2D eigenvalue weighted by atomic mass is 10.2. The van der Waals surface area contributed by atoms with Crippen LogP contribution in [0.1, 0.15) is 0 Å². The maximum absolute atomic E-state index is 12.9. The minimum absolute atomic E-state index is 0.323. The highest BCUT2D eigenvalue weighted by Gasteiger charge is 2.12. The van der Waals surface area contributed by atoms with E-state index in [2.05, 4.69) is 20.6 Å². The van der Waals surface area contributed by atoms with Crippen molar-refractivity contribution < 1.29 is 9.13 Å². The average Bonchev–Trinajstić information content (AvgIpc) is 2.98. The molecule has 0 saturated heterocycles. The number of nitrogens with zero attached hydrogens (tertiary/aromatic N) is 5. The second-order valence-corrected chi connectivity index (χ2v) is 4.40. The molecule has 0 unspecified atom stereocenters. The van der Waals surface area contributed by atoms with Crippen molar-refractivity contribution in [2.75, 3.05) is 0 Å². The van der Waals surface area contributed by atoms with Crippen molar-refractivity contribution in [3.63, 3.8) is 0 Å². The van der Waals surface area contributed by atoms with Crippen LogP contribution in [0.5, 0.6) is 11.6 Å². The van der Waals surface area contributed by atoms with E-state index in [-0.39, 0.29) is 5.82 Å². The van der Waals surface area contributed by atoms with Crippen LogP contribution in [-0.4, -0.2) is 25.3 Å². The number of hydrogen-bond donors (Lipinski definition) is 0. The molecule has 7 heteroatoms. The van der Waals surface area contributed by atoms with E-state index in [0.717, 1.165) is 10.8 Å². The predicted molar refractivity (Wildman–Crippen MR) is 72.6 cm³/mol. The fraction of sp³-hybridized carbons (Fsp3) is 0. The SMILES string of the molecule is Fc1ccc(Oc2nn3nnnc3c3ccccc23)cc1. The summed E-state index contributed by atoms with van der Waals surface area (Å²) in [4.78, 5) is 0. The Hall–Kier alpha value is -3.09. The highest BCUT2D eigenvalue weighted by atomic mass is 19.1. The summed E-state index contributed by atoms with van der Waals surface area (Å²) in [6.45, 7) is 0. The van der Waals surface area contributed by atoms with Crippen LogP contribution in [0.25, 0.3) is 16.4 Å². The van der Waals surface area contributed by atoms with Crippen LogP contribution in [0.3, 0.4) is 0 Å². The molecule has 0 radical (unpaired) electrons. The van der Waals surface area contributed by atoms with Gasteiger partial charge in [-0.3, -0.25) is 0 Å². The Kier molecular flexibility index (Phi) is 2.50. The van der Waals surface area contributed by atoms with E-state index < -0.39 is 0 Å². The number of ether oxygens (including phenoxy) is 1. The fourth-order valence-corrected chi connectivity index (χ4v) is 2.11. The Bertz CT molecular complexity index is 935. The van der Waals surface area contributed by atoms with Gasteiger partial charge in [-0.2, -0.15) is 0 Å². The molecule has 0 N–H and O–H groups in total. The first-order valence-corrected chi connectivity index (χ1v) is 6.22. The summed E-state index contributed by atoms with van der Waals surface area (Å²) >= 11 is 0. The number of rotatable bonds is 2. The zero-order valence-corrected chi connectivity index (χ0v) is 10.6. The Morgan fingerprint density at radius 2 is 1.71 bits per heavy atom. The van der Waals surface area contributed by atoms with E-state index in [9.17, 15) is 4.39 Å². The smallest absolute Gasteiger partial charge is 0.247 e. The summed E-state index contributed by atoms with van der Waals surface area (Å²) in [5.74, 6) is 0.523. The van der Waals surface area contributed by atoms with Crippen LogP contribution in [0.4, 0.5) is 4.39 Å². The third-order valence-electron chi connectivity index (χ3n) is 3.07. The zero-order valence-electron chi connectivity index (χ0n) is 10.6. The molecule has 0 aliphatic carbocycles. The first-order chi connectivity index (χ1) is 10.3. The van der Waals surface area contributed by atoms with Gasteiger partial charge in [-0.1, -0.05) is 18.2 Å². The molecule has 0 bridgehead atoms. The van der Waals surface area contributed by atoms with Crippen LogP contribution in [0.15, 0.2) is 48.5 Å². The molecule has 4 aromatic rings. The van der Waals surface area contributed by atoms with Gasteiger partial charge in [0.1, 0.15) is 11.6 Å². The van der Waals surface area contributed by atoms with Crippen molar-refractivity contribution in [3.8, 4) is 11.6 Å². The third-order valence-corrected chi connectivity index (χ3v) is 3.07. The fourth-order valence-electron chi connectivity index (χ4n) is 2.11. The molecule has 102 valence electrons. The Morgan fingerprint density at radius 1 is 0.952 bits per heavy atom. The molecular formula is C14H8FN5O. The molecule has 4 rings (SSSR count). The van der Waals surface area contributed by atoms with Crippen LogP contribution < -0.4 is 4.74 Å². The largest absolute Gasteiger partial charge is 0.437 e. The normalized spacial score (nSPS) is 11.1. The average molecular weight is 281 g/mol. The van der Waals surface area contributed by atoms with Gasteiger partial charge >= 0.3 is 0 Å². The summed E-state index contributed by atoms with van der Waals surface area (Å²) in [5, 5.41) is 17.2. The van der Waals surface area contributed by atoms with Gasteiger partial charge < -0.3 is 4.74 Å². The van der Waals surface area contributed by atoms with Gasteiger partial charge in [0.2, 0.25) is 11.5 Å². The molecule has 2 heterocycles. The monoisotopic (exact) mass is 281 g/mol. The maximum atomic E-state index is 12.9. The molecule has 2 aromatic carbocycles. The van der Waals surface area contributed by atoms with Crippen molar-refractivity contribution in [1.29, 1.82) is 0 Å². The van der Waals surface area contributed by atoms with Crippen LogP contribution in [0, 0.1) is 5.82 Å². The van der Waals surface area contributed by atoms with Gasteiger partial charge in [-0.05, 0) is 40.8 Å². The van der Waals surface area contributed by atoms with Crippen molar-refractivity contribution in [2.24, 2.45) is 0 Å². The molecule has 21 heavy (non-hydrogen) atoms. The van der Waals surface area contributed by atoms with Crippen LogP contribution in [-0.2, 0) is 0 Å². The molecular weight excluding hydrogens is 273 g/mol. The lowest BCUT2D eigenvalue weighted by Crippen LogP contribution is -1.99. The lowest BCUT2D eigenvalue weighted by molar-refractivity contribution is 0.452. The second-order valence-electron chi connectivity index (χ2n) is 4.40. The van der Waals surface area contributed by atoms with Crippen molar-refractivity contribution in [3.05, 3.63) is 54.3 Å². The van der Waals surface area contributed by atoms with E-state index in [1.807, 2.05) is 24.3 Å². The number of benzene rings is 2. The molecule has 0 fully saturated rings. The standard InChI is InChI=1S/C14H8FN5O/c15-9-5-7-10(8-6-9)21-14-12-4-2-1-3-11(12)13-16-18-19-20(13)17-14/h1-8H. The Balaban J connectivity index is 1.91. The molecule has 0 amide bonds. The Labute approximate surface area is 117 Å². The van der Waals surface area contributed by atoms with E-state index in [4.69, 9.17) is 4.74 Å². The summed E-state index contributed by atoms with van der Waals surface area (Å²) < 4.78 is 20.0. The number of aromatic nitrogens is 5. The van der Waals surface area contributed by atoms with Crippen molar-refractivity contribution >= 4 is 16.4 Å². The maximum Gasteiger partial charge on any atom is 0.247 e.